The van der Waals surface area contributed by atoms with E-state index in [9.17, 15) is 0 Å². The zero-order valence-electron chi connectivity index (χ0n) is 15.9. The summed E-state index contributed by atoms with van der Waals surface area (Å²) in [5.41, 5.74) is 3.81. The minimum atomic E-state index is 0.140. The van der Waals surface area contributed by atoms with Crippen molar-refractivity contribution in [1.29, 1.82) is 0 Å². The van der Waals surface area contributed by atoms with Crippen molar-refractivity contribution < 1.29 is 0 Å². The third-order valence-electron chi connectivity index (χ3n) is 3.47. The van der Waals surface area contributed by atoms with Crippen LogP contribution in [-0.2, 0) is 10.8 Å². The molecule has 2 aromatic heterocycles. The molecule has 0 unspecified atom stereocenters. The van der Waals surface area contributed by atoms with Crippen molar-refractivity contribution in [2.45, 2.75) is 52.4 Å². The summed E-state index contributed by atoms with van der Waals surface area (Å²) in [4.78, 5) is 10.7. The number of pyridine rings is 2. The lowest BCUT2D eigenvalue weighted by molar-refractivity contribution is 0.531. The maximum absolute atomic E-state index is 4.72. The monoisotopic (exact) mass is 313 g/mol. The van der Waals surface area contributed by atoms with Gasteiger partial charge in [-0.3, -0.25) is 9.97 Å². The van der Waals surface area contributed by atoms with Crippen LogP contribution in [0.1, 0.15) is 52.9 Å². The van der Waals surface area contributed by atoms with Gasteiger partial charge in [0.1, 0.15) is 0 Å². The van der Waals surface area contributed by atoms with Gasteiger partial charge in [0.05, 0.1) is 0 Å². The van der Waals surface area contributed by atoms with Crippen LogP contribution >= 0.6 is 0 Å². The molecule has 126 valence electrons. The first-order valence-electron chi connectivity index (χ1n) is 8.07. The smallest absolute Gasteiger partial charge is 0.0460 e. The first kappa shape index (κ1) is 19.1. The molecule has 0 aliphatic heterocycles. The summed E-state index contributed by atoms with van der Waals surface area (Å²) in [6.07, 6.45) is 3.57. The molecule has 0 fully saturated rings. The van der Waals surface area contributed by atoms with Gasteiger partial charge < -0.3 is 4.90 Å². The third kappa shape index (κ3) is 6.39. The number of hydrogen-bond donors (Lipinski definition) is 0. The molecule has 0 radical (unpaired) electrons. The summed E-state index contributed by atoms with van der Waals surface area (Å²) in [6, 6.07) is 10.3. The average molecular weight is 313 g/mol. The van der Waals surface area contributed by atoms with E-state index >= 15 is 0 Å². The zero-order valence-corrected chi connectivity index (χ0v) is 15.9. The van der Waals surface area contributed by atoms with Crippen LogP contribution in [0.4, 0.5) is 5.69 Å². The molecular weight excluding hydrogens is 282 g/mol. The summed E-state index contributed by atoms with van der Waals surface area (Å²) in [5, 5.41) is 0. The topological polar surface area (TPSA) is 29.0 Å². The van der Waals surface area contributed by atoms with Crippen molar-refractivity contribution in [2.24, 2.45) is 0 Å². The third-order valence-corrected chi connectivity index (χ3v) is 3.47. The van der Waals surface area contributed by atoms with Gasteiger partial charge in [-0.25, -0.2) is 0 Å². The fourth-order valence-electron chi connectivity index (χ4n) is 1.91. The van der Waals surface area contributed by atoms with Crippen LogP contribution in [0, 0.1) is 0 Å². The number of rotatable bonds is 1. The quantitative estimate of drug-likeness (QED) is 0.755. The first-order chi connectivity index (χ1) is 10.5. The molecule has 0 saturated heterocycles. The van der Waals surface area contributed by atoms with Crippen LogP contribution in [-0.4, -0.2) is 24.1 Å². The number of nitrogens with zero attached hydrogens (tertiary/aromatic N) is 3. The van der Waals surface area contributed by atoms with Crippen molar-refractivity contribution in [1.82, 2.24) is 9.97 Å². The van der Waals surface area contributed by atoms with Gasteiger partial charge in [-0.1, -0.05) is 47.6 Å². The molecule has 2 rings (SSSR count). The Kier molecular flexibility index (Phi) is 6.31. The van der Waals surface area contributed by atoms with Gasteiger partial charge in [0.2, 0.25) is 0 Å². The van der Waals surface area contributed by atoms with E-state index in [0.717, 1.165) is 0 Å². The normalized spacial score (nSPS) is 11.5. The Labute approximate surface area is 141 Å². The van der Waals surface area contributed by atoms with Crippen molar-refractivity contribution in [3.8, 4) is 0 Å². The highest BCUT2D eigenvalue weighted by atomic mass is 15.1. The second-order valence-electron chi connectivity index (χ2n) is 8.01. The number of anilines is 1. The zero-order chi connectivity index (χ0) is 17.7. The Morgan fingerprint density at radius 2 is 1.17 bits per heavy atom. The predicted octanol–water partition coefficient (Wildman–Crippen LogP) is 4.82. The minimum Gasteiger partial charge on any atom is -0.378 e. The Morgan fingerprint density at radius 1 is 0.739 bits per heavy atom. The number of aromatic nitrogens is 2. The fourth-order valence-corrected chi connectivity index (χ4v) is 1.91. The van der Waals surface area contributed by atoms with Crippen LogP contribution in [0.25, 0.3) is 0 Å². The van der Waals surface area contributed by atoms with E-state index in [1.165, 1.54) is 17.1 Å². The maximum atomic E-state index is 4.72. The first-order valence-corrected chi connectivity index (χ1v) is 8.07. The van der Waals surface area contributed by atoms with Crippen molar-refractivity contribution in [2.75, 3.05) is 19.0 Å². The van der Waals surface area contributed by atoms with Crippen LogP contribution in [0.5, 0.6) is 0 Å². The summed E-state index contributed by atoms with van der Waals surface area (Å²) in [6.45, 7) is 13.2. The molecule has 0 aliphatic rings. The van der Waals surface area contributed by atoms with Crippen LogP contribution in [0.3, 0.4) is 0 Å². The molecular formula is C20H31N3. The predicted molar refractivity (Wildman–Crippen MR) is 100 cm³/mol. The van der Waals surface area contributed by atoms with Gasteiger partial charge in [0.25, 0.3) is 0 Å². The Hall–Kier alpha value is -1.90. The van der Waals surface area contributed by atoms with E-state index < -0.39 is 0 Å². The van der Waals surface area contributed by atoms with E-state index in [1.54, 1.807) is 12.4 Å². The summed E-state index contributed by atoms with van der Waals surface area (Å²) in [7, 11) is 4.02. The van der Waals surface area contributed by atoms with Crippen molar-refractivity contribution in [3.05, 3.63) is 54.1 Å². The summed E-state index contributed by atoms with van der Waals surface area (Å²) in [5.74, 6) is 0. The Balaban J connectivity index is 0.000000253. The van der Waals surface area contributed by atoms with E-state index in [0.29, 0.717) is 0 Å². The van der Waals surface area contributed by atoms with Gasteiger partial charge in [0, 0.05) is 54.4 Å². The summed E-state index contributed by atoms with van der Waals surface area (Å²) < 4.78 is 0. The largest absolute Gasteiger partial charge is 0.378 e. The van der Waals surface area contributed by atoms with Crippen LogP contribution in [0.15, 0.2) is 42.7 Å². The van der Waals surface area contributed by atoms with Crippen molar-refractivity contribution in [3.63, 3.8) is 0 Å². The van der Waals surface area contributed by atoms with Crippen molar-refractivity contribution >= 4 is 5.69 Å². The van der Waals surface area contributed by atoms with E-state index in [4.69, 9.17) is 4.98 Å². The Bertz CT molecular complexity index is 561. The molecule has 0 amide bonds. The number of hydrogen-bond acceptors (Lipinski definition) is 3. The lowest BCUT2D eigenvalue weighted by Gasteiger charge is -2.23. The second kappa shape index (κ2) is 7.58. The second-order valence-corrected chi connectivity index (χ2v) is 8.01. The highest BCUT2D eigenvalue weighted by Gasteiger charge is 2.20. The summed E-state index contributed by atoms with van der Waals surface area (Å²) >= 11 is 0. The molecule has 0 aliphatic carbocycles. The molecule has 2 heterocycles. The molecule has 0 aromatic carbocycles. The van der Waals surface area contributed by atoms with Gasteiger partial charge in [-0.05, 0) is 24.3 Å². The average Bonchev–Trinajstić information content (AvgIpc) is 2.47. The molecule has 3 heteroatoms. The van der Waals surface area contributed by atoms with Gasteiger partial charge in [-0.15, -0.1) is 0 Å². The molecule has 2 aromatic rings. The lowest BCUT2D eigenvalue weighted by atomic mass is 9.88. The van der Waals surface area contributed by atoms with Gasteiger partial charge in [0.15, 0.2) is 0 Å². The van der Waals surface area contributed by atoms with E-state index in [1.807, 2.05) is 31.1 Å². The highest BCUT2D eigenvalue weighted by molar-refractivity contribution is 5.42. The fraction of sp³-hybridized carbons (Fsp3) is 0.500. The van der Waals surface area contributed by atoms with Crippen LogP contribution < -0.4 is 4.90 Å². The molecule has 0 saturated carbocycles. The molecule has 0 N–H and O–H groups in total. The van der Waals surface area contributed by atoms with Gasteiger partial charge >= 0.3 is 0 Å². The molecule has 0 bridgehead atoms. The minimum absolute atomic E-state index is 0.140. The maximum Gasteiger partial charge on any atom is 0.0460 e. The SMILES string of the molecule is CC(C)(C)c1cccc(C(C)(C)C)n1.CN(C)c1ccncc1. The van der Waals surface area contributed by atoms with E-state index in [-0.39, 0.29) is 10.8 Å². The standard InChI is InChI=1S/C13H21N.C7H10N2/c1-12(2,3)10-8-7-9-11(14-10)13(4,5)6;1-9(2)7-3-5-8-6-4-7/h7-9H,1-6H3;3-6H,1-2H3. The highest BCUT2D eigenvalue weighted by Crippen LogP contribution is 2.25. The lowest BCUT2D eigenvalue weighted by Crippen LogP contribution is -2.19. The molecule has 23 heavy (non-hydrogen) atoms. The molecule has 3 nitrogen and oxygen atoms in total. The van der Waals surface area contributed by atoms with Crippen LogP contribution in [0.2, 0.25) is 0 Å². The van der Waals surface area contributed by atoms with Gasteiger partial charge in [-0.2, -0.15) is 0 Å². The molecule has 0 atom stereocenters. The molecule has 0 spiro atoms. The van der Waals surface area contributed by atoms with E-state index in [2.05, 4.69) is 64.7 Å². The Morgan fingerprint density at radius 3 is 1.48 bits per heavy atom.